The van der Waals surface area contributed by atoms with Crippen molar-refractivity contribution in [2.75, 3.05) is 17.2 Å². The standard InChI is InChI=1S/C15H13ClF2N2O/c1-9-6-10(17)2-5-14(9)19-8-15(21)20-11-3-4-13(18)12(16)7-11/h2-7,19H,8H2,1H3,(H,20,21). The number of carbonyl (C=O) groups excluding carboxylic acids is 1. The highest BCUT2D eigenvalue weighted by Crippen LogP contribution is 2.19. The molecule has 0 aromatic heterocycles. The number of amides is 1. The van der Waals surface area contributed by atoms with Gasteiger partial charge in [-0.05, 0) is 48.9 Å². The van der Waals surface area contributed by atoms with Crippen LogP contribution in [-0.2, 0) is 4.79 Å². The van der Waals surface area contributed by atoms with Crippen molar-refractivity contribution in [2.45, 2.75) is 6.92 Å². The molecule has 0 aliphatic rings. The molecule has 0 spiro atoms. The van der Waals surface area contributed by atoms with Crippen LogP contribution in [0.25, 0.3) is 0 Å². The highest BCUT2D eigenvalue weighted by atomic mass is 35.5. The summed E-state index contributed by atoms with van der Waals surface area (Å²) in [6.45, 7) is 1.74. The van der Waals surface area contributed by atoms with Crippen molar-refractivity contribution in [3.8, 4) is 0 Å². The Hall–Kier alpha value is -2.14. The van der Waals surface area contributed by atoms with Gasteiger partial charge in [-0.25, -0.2) is 8.78 Å². The first-order valence-corrected chi connectivity index (χ1v) is 6.58. The Labute approximate surface area is 125 Å². The number of aryl methyl sites for hydroxylation is 1. The molecule has 2 aromatic carbocycles. The summed E-state index contributed by atoms with van der Waals surface area (Å²) in [4.78, 5) is 11.8. The summed E-state index contributed by atoms with van der Waals surface area (Å²) in [7, 11) is 0. The Morgan fingerprint density at radius 2 is 1.95 bits per heavy atom. The topological polar surface area (TPSA) is 41.1 Å². The van der Waals surface area contributed by atoms with Gasteiger partial charge in [-0.1, -0.05) is 11.6 Å². The van der Waals surface area contributed by atoms with Crippen LogP contribution in [0, 0.1) is 18.6 Å². The van der Waals surface area contributed by atoms with Gasteiger partial charge in [0.1, 0.15) is 11.6 Å². The second-order valence-corrected chi connectivity index (χ2v) is 4.90. The molecule has 0 fully saturated rings. The molecule has 1 amide bonds. The van der Waals surface area contributed by atoms with Crippen LogP contribution in [0.5, 0.6) is 0 Å². The summed E-state index contributed by atoms with van der Waals surface area (Å²) >= 11 is 5.63. The van der Waals surface area contributed by atoms with E-state index in [2.05, 4.69) is 10.6 Å². The zero-order chi connectivity index (χ0) is 15.4. The lowest BCUT2D eigenvalue weighted by Crippen LogP contribution is -2.22. The molecule has 2 N–H and O–H groups in total. The fraction of sp³-hybridized carbons (Fsp3) is 0.133. The first kappa shape index (κ1) is 15.3. The maximum atomic E-state index is 13.0. The maximum Gasteiger partial charge on any atom is 0.243 e. The number of halogens is 3. The lowest BCUT2D eigenvalue weighted by molar-refractivity contribution is -0.114. The van der Waals surface area contributed by atoms with E-state index in [0.29, 0.717) is 16.9 Å². The highest BCUT2D eigenvalue weighted by Gasteiger charge is 2.06. The maximum absolute atomic E-state index is 13.0. The molecule has 2 aromatic rings. The van der Waals surface area contributed by atoms with E-state index >= 15 is 0 Å². The number of benzene rings is 2. The van der Waals surface area contributed by atoms with Crippen molar-refractivity contribution in [1.82, 2.24) is 0 Å². The number of nitrogens with one attached hydrogen (secondary N) is 2. The van der Waals surface area contributed by atoms with Crippen LogP contribution < -0.4 is 10.6 Å². The monoisotopic (exact) mass is 310 g/mol. The highest BCUT2D eigenvalue weighted by molar-refractivity contribution is 6.31. The third kappa shape index (κ3) is 4.16. The summed E-state index contributed by atoms with van der Waals surface area (Å²) in [5, 5.41) is 5.42. The zero-order valence-corrected chi connectivity index (χ0v) is 12.0. The molecule has 0 saturated heterocycles. The van der Waals surface area contributed by atoms with E-state index < -0.39 is 5.82 Å². The normalized spacial score (nSPS) is 10.3. The molecule has 21 heavy (non-hydrogen) atoms. The summed E-state index contributed by atoms with van der Waals surface area (Å²) in [6, 6.07) is 8.18. The van der Waals surface area contributed by atoms with E-state index in [1.54, 1.807) is 13.0 Å². The van der Waals surface area contributed by atoms with Gasteiger partial charge in [0.2, 0.25) is 5.91 Å². The van der Waals surface area contributed by atoms with Crippen LogP contribution in [0.4, 0.5) is 20.2 Å². The van der Waals surface area contributed by atoms with Gasteiger partial charge in [0.05, 0.1) is 11.6 Å². The Bertz CT molecular complexity index is 677. The smallest absolute Gasteiger partial charge is 0.243 e. The van der Waals surface area contributed by atoms with Gasteiger partial charge in [0.15, 0.2) is 0 Å². The minimum absolute atomic E-state index is 0.00146. The summed E-state index contributed by atoms with van der Waals surface area (Å²) in [6.07, 6.45) is 0. The molecule has 110 valence electrons. The van der Waals surface area contributed by atoms with Crippen molar-refractivity contribution in [3.05, 3.63) is 58.6 Å². The third-order valence-corrected chi connectivity index (χ3v) is 3.12. The Kier molecular flexibility index (Phi) is 4.75. The van der Waals surface area contributed by atoms with Crippen LogP contribution in [-0.4, -0.2) is 12.5 Å². The van der Waals surface area contributed by atoms with Gasteiger partial charge >= 0.3 is 0 Å². The van der Waals surface area contributed by atoms with E-state index in [4.69, 9.17) is 11.6 Å². The number of rotatable bonds is 4. The predicted octanol–water partition coefficient (Wildman–Crippen LogP) is 3.98. The van der Waals surface area contributed by atoms with Gasteiger partial charge in [-0.15, -0.1) is 0 Å². The number of hydrogen-bond acceptors (Lipinski definition) is 2. The largest absolute Gasteiger partial charge is 0.376 e. The first-order valence-electron chi connectivity index (χ1n) is 6.20. The summed E-state index contributed by atoms with van der Waals surface area (Å²) < 4.78 is 25.9. The third-order valence-electron chi connectivity index (χ3n) is 2.83. The molecule has 0 atom stereocenters. The van der Waals surface area contributed by atoms with Crippen molar-refractivity contribution in [3.63, 3.8) is 0 Å². The molecule has 6 heteroatoms. The van der Waals surface area contributed by atoms with Gasteiger partial charge in [0, 0.05) is 11.4 Å². The van der Waals surface area contributed by atoms with Crippen LogP contribution in [0.15, 0.2) is 36.4 Å². The zero-order valence-electron chi connectivity index (χ0n) is 11.2. The van der Waals surface area contributed by atoms with Gasteiger partial charge < -0.3 is 10.6 Å². The van der Waals surface area contributed by atoms with Crippen molar-refractivity contribution >= 4 is 28.9 Å². The first-order chi connectivity index (χ1) is 9.95. The molecular formula is C15H13ClF2N2O. The van der Waals surface area contributed by atoms with Gasteiger partial charge in [-0.2, -0.15) is 0 Å². The Morgan fingerprint density at radius 1 is 1.19 bits per heavy atom. The van der Waals surface area contributed by atoms with Crippen molar-refractivity contribution in [1.29, 1.82) is 0 Å². The quantitative estimate of drug-likeness (QED) is 0.897. The molecule has 0 bridgehead atoms. The summed E-state index contributed by atoms with van der Waals surface area (Å²) in [5.74, 6) is -1.19. The molecule has 0 radical (unpaired) electrons. The van der Waals surface area contributed by atoms with Crippen molar-refractivity contribution in [2.24, 2.45) is 0 Å². The van der Waals surface area contributed by atoms with Gasteiger partial charge in [-0.3, -0.25) is 4.79 Å². The SMILES string of the molecule is Cc1cc(F)ccc1NCC(=O)Nc1ccc(F)c(Cl)c1. The van der Waals surface area contributed by atoms with E-state index in [0.717, 1.165) is 0 Å². The molecule has 0 aliphatic heterocycles. The molecule has 0 unspecified atom stereocenters. The average molecular weight is 311 g/mol. The molecule has 3 nitrogen and oxygen atoms in total. The average Bonchev–Trinajstić information content (AvgIpc) is 2.42. The molecule has 2 rings (SSSR count). The number of carbonyl (C=O) groups is 1. The minimum Gasteiger partial charge on any atom is -0.376 e. The van der Waals surface area contributed by atoms with E-state index in [1.807, 2.05) is 0 Å². The van der Waals surface area contributed by atoms with E-state index in [-0.39, 0.29) is 23.3 Å². The Morgan fingerprint density at radius 3 is 2.62 bits per heavy atom. The molecular weight excluding hydrogens is 298 g/mol. The minimum atomic E-state index is -0.547. The Balaban J connectivity index is 1.94. The van der Waals surface area contributed by atoms with Crippen molar-refractivity contribution < 1.29 is 13.6 Å². The molecule has 0 saturated carbocycles. The number of hydrogen-bond donors (Lipinski definition) is 2. The van der Waals surface area contributed by atoms with E-state index in [1.165, 1.54) is 30.3 Å². The second-order valence-electron chi connectivity index (χ2n) is 4.49. The van der Waals surface area contributed by atoms with Gasteiger partial charge in [0.25, 0.3) is 0 Å². The van der Waals surface area contributed by atoms with E-state index in [9.17, 15) is 13.6 Å². The van der Waals surface area contributed by atoms with Crippen LogP contribution in [0.3, 0.4) is 0 Å². The fourth-order valence-electron chi connectivity index (χ4n) is 1.78. The van der Waals surface area contributed by atoms with Crippen LogP contribution >= 0.6 is 11.6 Å². The second kappa shape index (κ2) is 6.54. The predicted molar refractivity (Wildman–Crippen MR) is 79.7 cm³/mol. The van der Waals surface area contributed by atoms with Crippen LogP contribution in [0.1, 0.15) is 5.56 Å². The summed E-state index contributed by atoms with van der Waals surface area (Å²) in [5.41, 5.74) is 1.78. The molecule has 0 heterocycles. The molecule has 0 aliphatic carbocycles. The fourth-order valence-corrected chi connectivity index (χ4v) is 1.96. The van der Waals surface area contributed by atoms with Crippen LogP contribution in [0.2, 0.25) is 5.02 Å². The number of anilines is 2. The lowest BCUT2D eigenvalue weighted by atomic mass is 10.2. The lowest BCUT2D eigenvalue weighted by Gasteiger charge is -2.10.